The Labute approximate surface area is 133 Å². The van der Waals surface area contributed by atoms with Gasteiger partial charge < -0.3 is 4.90 Å². The van der Waals surface area contributed by atoms with Crippen molar-refractivity contribution in [1.82, 2.24) is 9.80 Å². The number of hydrogen-bond acceptors (Lipinski definition) is 3. The molecule has 3 aliphatic rings. The van der Waals surface area contributed by atoms with Crippen LogP contribution in [0.25, 0.3) is 0 Å². The van der Waals surface area contributed by atoms with Gasteiger partial charge in [-0.2, -0.15) is 11.8 Å². The third-order valence-electron chi connectivity index (χ3n) is 5.76. The standard InChI is InChI=1S/C17H30N2OS/c1-21-12-4-10-19-16-9-11-18(15-5-2-3-6-15)13-14(16)7-8-17(19)20/h14-16H,2-13H2,1H3/t14-,16+/m0/s1. The van der Waals surface area contributed by atoms with E-state index in [1.807, 2.05) is 11.8 Å². The van der Waals surface area contributed by atoms with Crippen LogP contribution in [0.2, 0.25) is 0 Å². The average molecular weight is 311 g/mol. The fraction of sp³-hybridized carbons (Fsp3) is 0.941. The molecule has 120 valence electrons. The molecule has 1 amide bonds. The van der Waals surface area contributed by atoms with Gasteiger partial charge in [0.05, 0.1) is 0 Å². The first-order chi connectivity index (χ1) is 10.3. The maximum Gasteiger partial charge on any atom is 0.222 e. The van der Waals surface area contributed by atoms with Crippen molar-refractivity contribution in [2.24, 2.45) is 5.92 Å². The Morgan fingerprint density at radius 1 is 1.19 bits per heavy atom. The topological polar surface area (TPSA) is 23.6 Å². The van der Waals surface area contributed by atoms with Crippen LogP contribution in [0, 0.1) is 5.92 Å². The van der Waals surface area contributed by atoms with E-state index in [2.05, 4.69) is 16.1 Å². The summed E-state index contributed by atoms with van der Waals surface area (Å²) < 4.78 is 0. The van der Waals surface area contributed by atoms with E-state index in [1.54, 1.807) is 0 Å². The Morgan fingerprint density at radius 2 is 2.00 bits per heavy atom. The van der Waals surface area contributed by atoms with Gasteiger partial charge in [-0.1, -0.05) is 12.8 Å². The molecule has 0 bridgehead atoms. The van der Waals surface area contributed by atoms with Gasteiger partial charge in [-0.25, -0.2) is 0 Å². The zero-order valence-corrected chi connectivity index (χ0v) is 14.2. The highest BCUT2D eigenvalue weighted by atomic mass is 32.2. The monoisotopic (exact) mass is 310 g/mol. The van der Waals surface area contributed by atoms with E-state index in [4.69, 9.17) is 0 Å². The second-order valence-electron chi connectivity index (χ2n) is 7.02. The van der Waals surface area contributed by atoms with Crippen LogP contribution in [0.15, 0.2) is 0 Å². The molecule has 0 radical (unpaired) electrons. The normalized spacial score (nSPS) is 31.7. The molecule has 2 saturated heterocycles. The van der Waals surface area contributed by atoms with Crippen LogP contribution in [0.4, 0.5) is 0 Å². The average Bonchev–Trinajstić information content (AvgIpc) is 3.03. The van der Waals surface area contributed by atoms with E-state index >= 15 is 0 Å². The van der Waals surface area contributed by atoms with Crippen LogP contribution in [0.5, 0.6) is 0 Å². The number of carbonyl (C=O) groups excluding carboxylic acids is 1. The van der Waals surface area contributed by atoms with Gasteiger partial charge in [-0.15, -0.1) is 0 Å². The Kier molecular flexibility index (Phi) is 5.49. The summed E-state index contributed by atoms with van der Waals surface area (Å²) in [6.07, 6.45) is 12.1. The van der Waals surface area contributed by atoms with Crippen LogP contribution in [-0.4, -0.2) is 59.4 Å². The SMILES string of the molecule is CSCCCN1C(=O)CC[C@H]2CN(C3CCCC3)CC[C@H]21. The van der Waals surface area contributed by atoms with Gasteiger partial charge in [-0.05, 0) is 50.0 Å². The molecule has 3 fully saturated rings. The van der Waals surface area contributed by atoms with E-state index in [0.29, 0.717) is 11.9 Å². The summed E-state index contributed by atoms with van der Waals surface area (Å²) in [5, 5.41) is 0. The molecule has 0 aromatic heterocycles. The Bertz CT molecular complexity index is 357. The van der Waals surface area contributed by atoms with Gasteiger partial charge in [0.2, 0.25) is 5.91 Å². The van der Waals surface area contributed by atoms with E-state index in [0.717, 1.165) is 37.8 Å². The third kappa shape index (κ3) is 3.58. The van der Waals surface area contributed by atoms with Crippen LogP contribution >= 0.6 is 11.8 Å². The molecule has 0 aromatic rings. The van der Waals surface area contributed by atoms with Crippen LogP contribution in [0.1, 0.15) is 51.4 Å². The lowest BCUT2D eigenvalue weighted by Gasteiger charge is -2.48. The van der Waals surface area contributed by atoms with E-state index < -0.39 is 0 Å². The highest BCUT2D eigenvalue weighted by molar-refractivity contribution is 7.98. The fourth-order valence-electron chi connectivity index (χ4n) is 4.65. The van der Waals surface area contributed by atoms with E-state index in [1.165, 1.54) is 50.9 Å². The first kappa shape index (κ1) is 15.7. The summed E-state index contributed by atoms with van der Waals surface area (Å²) in [5.41, 5.74) is 0. The molecule has 1 saturated carbocycles. The lowest BCUT2D eigenvalue weighted by atomic mass is 9.82. The molecule has 4 heteroatoms. The molecule has 3 nitrogen and oxygen atoms in total. The Hall–Kier alpha value is -0.220. The van der Waals surface area contributed by atoms with Crippen LogP contribution < -0.4 is 0 Å². The number of fused-ring (bicyclic) bond motifs is 1. The van der Waals surface area contributed by atoms with Crippen molar-refractivity contribution in [2.45, 2.75) is 63.5 Å². The number of nitrogens with zero attached hydrogens (tertiary/aromatic N) is 2. The van der Waals surface area contributed by atoms with Gasteiger partial charge in [-0.3, -0.25) is 9.69 Å². The molecule has 2 atom stereocenters. The van der Waals surface area contributed by atoms with Gasteiger partial charge in [0.15, 0.2) is 0 Å². The molecule has 1 aliphatic carbocycles. The maximum absolute atomic E-state index is 12.3. The molecule has 2 heterocycles. The van der Waals surface area contributed by atoms with Crippen LogP contribution in [0.3, 0.4) is 0 Å². The number of thioether (sulfide) groups is 1. The van der Waals surface area contributed by atoms with Gasteiger partial charge in [0.25, 0.3) is 0 Å². The molecule has 21 heavy (non-hydrogen) atoms. The van der Waals surface area contributed by atoms with Gasteiger partial charge >= 0.3 is 0 Å². The highest BCUT2D eigenvalue weighted by Gasteiger charge is 2.40. The number of hydrogen-bond donors (Lipinski definition) is 0. The maximum atomic E-state index is 12.3. The van der Waals surface area contributed by atoms with E-state index in [-0.39, 0.29) is 0 Å². The van der Waals surface area contributed by atoms with Crippen molar-refractivity contribution in [2.75, 3.05) is 31.6 Å². The predicted molar refractivity (Wildman–Crippen MR) is 89.7 cm³/mol. The zero-order chi connectivity index (χ0) is 14.7. The smallest absolute Gasteiger partial charge is 0.222 e. The molecule has 0 spiro atoms. The minimum absolute atomic E-state index is 0.423. The number of rotatable bonds is 5. The second-order valence-corrected chi connectivity index (χ2v) is 8.01. The highest BCUT2D eigenvalue weighted by Crippen LogP contribution is 2.34. The number of amides is 1. The number of piperidine rings is 2. The zero-order valence-electron chi connectivity index (χ0n) is 13.4. The van der Waals surface area contributed by atoms with Crippen molar-refractivity contribution in [3.05, 3.63) is 0 Å². The van der Waals surface area contributed by atoms with Gasteiger partial charge in [0, 0.05) is 38.1 Å². The van der Waals surface area contributed by atoms with Crippen molar-refractivity contribution in [3.63, 3.8) is 0 Å². The first-order valence-corrected chi connectivity index (χ1v) is 10.2. The molecular formula is C17H30N2OS. The first-order valence-electron chi connectivity index (χ1n) is 8.82. The Morgan fingerprint density at radius 3 is 2.76 bits per heavy atom. The Balaban J connectivity index is 1.58. The molecule has 2 aliphatic heterocycles. The van der Waals surface area contributed by atoms with E-state index in [9.17, 15) is 4.79 Å². The van der Waals surface area contributed by atoms with Crippen LogP contribution in [-0.2, 0) is 4.79 Å². The largest absolute Gasteiger partial charge is 0.339 e. The number of likely N-dealkylation sites (tertiary alicyclic amines) is 2. The molecule has 0 unspecified atom stereocenters. The summed E-state index contributed by atoms with van der Waals surface area (Å²) >= 11 is 1.89. The summed E-state index contributed by atoms with van der Waals surface area (Å²) in [5.74, 6) is 2.34. The van der Waals surface area contributed by atoms with Crippen molar-refractivity contribution < 1.29 is 4.79 Å². The lowest BCUT2D eigenvalue weighted by molar-refractivity contribution is -0.141. The van der Waals surface area contributed by atoms with Gasteiger partial charge in [0.1, 0.15) is 0 Å². The predicted octanol–water partition coefficient (Wildman–Crippen LogP) is 3.00. The fourth-order valence-corrected chi connectivity index (χ4v) is 5.07. The molecule has 3 rings (SSSR count). The lowest BCUT2D eigenvalue weighted by Crippen LogP contribution is -2.57. The minimum Gasteiger partial charge on any atom is -0.339 e. The summed E-state index contributed by atoms with van der Waals surface area (Å²) in [6, 6.07) is 1.40. The molecule has 0 N–H and O–H groups in total. The number of carbonyl (C=O) groups is 1. The van der Waals surface area contributed by atoms with Crippen molar-refractivity contribution in [3.8, 4) is 0 Å². The minimum atomic E-state index is 0.423. The summed E-state index contributed by atoms with van der Waals surface area (Å²) in [4.78, 5) is 17.3. The summed E-state index contributed by atoms with van der Waals surface area (Å²) in [7, 11) is 0. The third-order valence-corrected chi connectivity index (χ3v) is 6.46. The molecule has 0 aromatic carbocycles. The quantitative estimate of drug-likeness (QED) is 0.729. The second kappa shape index (κ2) is 7.36. The van der Waals surface area contributed by atoms with Crippen molar-refractivity contribution >= 4 is 17.7 Å². The van der Waals surface area contributed by atoms with Crippen molar-refractivity contribution in [1.29, 1.82) is 0 Å². The molecular weight excluding hydrogens is 280 g/mol. The summed E-state index contributed by atoms with van der Waals surface area (Å²) in [6.45, 7) is 3.46.